The summed E-state index contributed by atoms with van der Waals surface area (Å²) >= 11 is 4.37. The number of rotatable bonds is 4. The molecule has 0 N–H and O–H groups in total. The highest BCUT2D eigenvalue weighted by molar-refractivity contribution is 14.1. The van der Waals surface area contributed by atoms with Crippen LogP contribution in [0.25, 0.3) is 0 Å². The first-order valence-electron chi connectivity index (χ1n) is 7.44. The summed E-state index contributed by atoms with van der Waals surface area (Å²) in [6, 6.07) is 7.45. The maximum Gasteiger partial charge on any atom is 0.299 e. The zero-order chi connectivity index (χ0) is 18.3. The molecule has 0 aliphatic carbocycles. The molecule has 2 aromatic rings. The molecule has 0 aromatic heterocycles. The summed E-state index contributed by atoms with van der Waals surface area (Å²) in [5.74, 6) is 0.274. The van der Waals surface area contributed by atoms with Gasteiger partial charge in [-0.25, -0.2) is 0 Å². The Morgan fingerprint density at radius 1 is 0.960 bits per heavy atom. The zero-order valence-electron chi connectivity index (χ0n) is 13.9. The molecule has 0 bridgehead atoms. The average Bonchev–Trinajstić information content (AvgIpc) is 2.81. The minimum Gasteiger partial charge on any atom is -0.493 e. The van der Waals surface area contributed by atoms with Crippen LogP contribution in [0.4, 0.5) is 5.69 Å². The number of hydrogen-bond donors (Lipinski definition) is 0. The van der Waals surface area contributed by atoms with Gasteiger partial charge in [-0.2, -0.15) is 0 Å². The van der Waals surface area contributed by atoms with Gasteiger partial charge in [0.1, 0.15) is 0 Å². The number of fused-ring (bicyclic) bond motifs is 1. The van der Waals surface area contributed by atoms with Crippen LogP contribution in [0.5, 0.6) is 11.5 Å². The van der Waals surface area contributed by atoms with Crippen LogP contribution in [0.3, 0.4) is 0 Å². The Hall–Kier alpha value is -1.36. The van der Waals surface area contributed by atoms with E-state index in [4.69, 9.17) is 9.47 Å². The van der Waals surface area contributed by atoms with Crippen LogP contribution in [0.15, 0.2) is 24.3 Å². The molecular formula is C18H15I2NO4. The molecule has 0 saturated carbocycles. The van der Waals surface area contributed by atoms with Crippen molar-refractivity contribution in [2.24, 2.45) is 0 Å². The molecule has 1 aliphatic heterocycles. The molecule has 7 heteroatoms. The van der Waals surface area contributed by atoms with Crippen LogP contribution in [-0.2, 0) is 11.3 Å². The molecule has 0 radical (unpaired) electrons. The number of anilines is 1. The molecule has 1 aliphatic rings. The van der Waals surface area contributed by atoms with Crippen LogP contribution >= 0.6 is 45.2 Å². The van der Waals surface area contributed by atoms with Gasteiger partial charge in [0.05, 0.1) is 32.0 Å². The Bertz CT molecular complexity index is 895. The van der Waals surface area contributed by atoms with Gasteiger partial charge in [-0.05, 0) is 87.5 Å². The van der Waals surface area contributed by atoms with E-state index >= 15 is 0 Å². The Kier molecular flexibility index (Phi) is 5.24. The summed E-state index contributed by atoms with van der Waals surface area (Å²) in [7, 11) is 3.15. The second-order valence-corrected chi connectivity index (χ2v) is 7.99. The standard InChI is InChI=1S/C18H15I2NO4/c1-9-4-11-16(13(20)5-9)21(18(23)17(11)22)8-10-6-14(24-2)15(25-3)7-12(10)19/h4-7H,8H2,1-3H3. The lowest BCUT2D eigenvalue weighted by Gasteiger charge is -2.20. The normalized spacial score (nSPS) is 13.2. The third-order valence-electron chi connectivity index (χ3n) is 4.04. The molecule has 0 fully saturated rings. The third kappa shape index (κ3) is 3.23. The van der Waals surface area contributed by atoms with Crippen molar-refractivity contribution in [3.05, 3.63) is 48.1 Å². The number of Topliss-reactive ketones (excluding diaryl/α,β-unsaturated/α-hetero) is 1. The fourth-order valence-corrected chi connectivity index (χ4v) is 4.54. The number of ether oxygens (including phenoxy) is 2. The highest BCUT2D eigenvalue weighted by atomic mass is 127. The number of carbonyl (C=O) groups is 2. The summed E-state index contributed by atoms with van der Waals surface area (Å²) in [5.41, 5.74) is 3.02. The average molecular weight is 563 g/mol. The van der Waals surface area contributed by atoms with Gasteiger partial charge in [0, 0.05) is 7.14 Å². The minimum atomic E-state index is -0.496. The Morgan fingerprint density at radius 3 is 2.24 bits per heavy atom. The summed E-state index contributed by atoms with van der Waals surface area (Å²) < 4.78 is 12.5. The van der Waals surface area contributed by atoms with Crippen LogP contribution in [-0.4, -0.2) is 25.9 Å². The summed E-state index contributed by atoms with van der Waals surface area (Å²) in [5, 5.41) is 0. The van der Waals surface area contributed by atoms with Gasteiger partial charge in [0.25, 0.3) is 11.7 Å². The van der Waals surface area contributed by atoms with E-state index in [1.807, 2.05) is 25.1 Å². The van der Waals surface area contributed by atoms with Crippen molar-refractivity contribution < 1.29 is 19.1 Å². The van der Waals surface area contributed by atoms with Crippen molar-refractivity contribution in [3.63, 3.8) is 0 Å². The quantitative estimate of drug-likeness (QED) is 0.418. The third-order valence-corrected chi connectivity index (χ3v) is 5.87. The van der Waals surface area contributed by atoms with Gasteiger partial charge in [-0.15, -0.1) is 0 Å². The number of aryl methyl sites for hydroxylation is 1. The molecule has 0 atom stereocenters. The fraction of sp³-hybridized carbons (Fsp3) is 0.222. The molecule has 1 amide bonds. The van der Waals surface area contributed by atoms with Gasteiger partial charge in [-0.3, -0.25) is 14.5 Å². The lowest BCUT2D eigenvalue weighted by atomic mass is 10.1. The molecule has 5 nitrogen and oxygen atoms in total. The summed E-state index contributed by atoms with van der Waals surface area (Å²) in [4.78, 5) is 26.4. The number of carbonyl (C=O) groups excluding carboxylic acids is 2. The van der Waals surface area contributed by atoms with Gasteiger partial charge in [0.2, 0.25) is 0 Å². The first-order valence-corrected chi connectivity index (χ1v) is 9.59. The molecule has 0 unspecified atom stereocenters. The van der Waals surface area contributed by atoms with E-state index in [0.717, 1.165) is 18.3 Å². The fourth-order valence-electron chi connectivity index (χ4n) is 2.86. The van der Waals surface area contributed by atoms with Crippen molar-refractivity contribution in [3.8, 4) is 11.5 Å². The van der Waals surface area contributed by atoms with Gasteiger partial charge < -0.3 is 9.47 Å². The van der Waals surface area contributed by atoms with Crippen molar-refractivity contribution in [2.45, 2.75) is 13.5 Å². The van der Waals surface area contributed by atoms with Crippen molar-refractivity contribution >= 4 is 62.6 Å². The first-order chi connectivity index (χ1) is 11.9. The number of nitrogens with zero attached hydrogens (tertiary/aromatic N) is 1. The number of amides is 1. The van der Waals surface area contributed by atoms with Crippen molar-refractivity contribution in [1.29, 1.82) is 0 Å². The van der Waals surface area contributed by atoms with Crippen molar-refractivity contribution in [1.82, 2.24) is 0 Å². The van der Waals surface area contributed by atoms with Crippen molar-refractivity contribution in [2.75, 3.05) is 19.1 Å². The molecule has 3 rings (SSSR count). The van der Waals surface area contributed by atoms with Crippen LogP contribution in [0, 0.1) is 14.1 Å². The Labute approximate surface area is 173 Å². The van der Waals surface area contributed by atoms with E-state index in [-0.39, 0.29) is 0 Å². The van der Waals surface area contributed by atoms with Crippen LogP contribution < -0.4 is 14.4 Å². The highest BCUT2D eigenvalue weighted by Gasteiger charge is 2.37. The monoisotopic (exact) mass is 563 g/mol. The minimum absolute atomic E-state index is 0.301. The van der Waals surface area contributed by atoms with E-state index in [2.05, 4.69) is 45.2 Å². The molecule has 130 valence electrons. The molecule has 0 saturated heterocycles. The molecule has 0 spiro atoms. The zero-order valence-corrected chi connectivity index (χ0v) is 18.2. The second kappa shape index (κ2) is 7.10. The SMILES string of the molecule is COc1cc(I)c(CN2C(=O)C(=O)c3cc(C)cc(I)c32)cc1OC. The predicted molar refractivity (Wildman–Crippen MR) is 112 cm³/mol. The van der Waals surface area contributed by atoms with E-state index in [1.54, 1.807) is 25.2 Å². The van der Waals surface area contributed by atoms with Gasteiger partial charge in [0.15, 0.2) is 11.5 Å². The summed E-state index contributed by atoms with van der Waals surface area (Å²) in [6.45, 7) is 2.22. The van der Waals surface area contributed by atoms with E-state index in [1.165, 1.54) is 0 Å². The lowest BCUT2D eigenvalue weighted by Crippen LogP contribution is -2.29. The smallest absolute Gasteiger partial charge is 0.299 e. The largest absolute Gasteiger partial charge is 0.493 e. The molecular weight excluding hydrogens is 548 g/mol. The predicted octanol–water partition coefficient (Wildman–Crippen LogP) is 3.95. The number of halogens is 2. The van der Waals surface area contributed by atoms with Gasteiger partial charge >= 0.3 is 0 Å². The maximum atomic E-state index is 12.5. The van der Waals surface area contributed by atoms with E-state index in [0.29, 0.717) is 29.3 Å². The maximum absolute atomic E-state index is 12.5. The number of ketones is 1. The molecule has 1 heterocycles. The topological polar surface area (TPSA) is 55.8 Å². The lowest BCUT2D eigenvalue weighted by molar-refractivity contribution is -0.114. The van der Waals surface area contributed by atoms with E-state index < -0.39 is 11.7 Å². The Balaban J connectivity index is 2.06. The Morgan fingerprint density at radius 2 is 1.60 bits per heavy atom. The molecule has 25 heavy (non-hydrogen) atoms. The van der Waals surface area contributed by atoms with Crippen LogP contribution in [0.2, 0.25) is 0 Å². The number of methoxy groups -OCH3 is 2. The second-order valence-electron chi connectivity index (χ2n) is 5.66. The first kappa shape index (κ1) is 18.4. The number of benzene rings is 2. The van der Waals surface area contributed by atoms with Gasteiger partial charge in [-0.1, -0.05) is 0 Å². The molecule has 2 aromatic carbocycles. The van der Waals surface area contributed by atoms with E-state index in [9.17, 15) is 9.59 Å². The highest BCUT2D eigenvalue weighted by Crippen LogP contribution is 2.38. The summed E-state index contributed by atoms with van der Waals surface area (Å²) in [6.07, 6.45) is 0. The van der Waals surface area contributed by atoms with Crippen LogP contribution in [0.1, 0.15) is 21.5 Å². The number of hydrogen-bond acceptors (Lipinski definition) is 4.